The number of benzene rings is 1. The van der Waals surface area contributed by atoms with Crippen LogP contribution in [-0.2, 0) is 14.8 Å². The van der Waals surface area contributed by atoms with Gasteiger partial charge in [0.15, 0.2) is 5.82 Å². The minimum Gasteiger partial charge on any atom is -0.325 e. The largest absolute Gasteiger partial charge is 0.325 e. The molecule has 8 nitrogen and oxygen atoms in total. The first-order valence-electron chi connectivity index (χ1n) is 9.01. The van der Waals surface area contributed by atoms with Gasteiger partial charge in [-0.05, 0) is 42.5 Å². The van der Waals surface area contributed by atoms with Crippen molar-refractivity contribution in [2.45, 2.75) is 22.9 Å². The highest BCUT2D eigenvalue weighted by Gasteiger charge is 2.27. The van der Waals surface area contributed by atoms with Crippen molar-refractivity contribution in [3.8, 4) is 10.7 Å². The van der Waals surface area contributed by atoms with Gasteiger partial charge in [-0.25, -0.2) is 13.4 Å². The number of aromatic amines is 1. The van der Waals surface area contributed by atoms with E-state index in [1.807, 2.05) is 17.5 Å². The Balaban J connectivity index is 1.36. The standard InChI is InChI=1S/C18H19N5O3S3/c24-16(12-28-18-20-17(21-22-18)15-7-4-10-27-15)19-13-5-3-6-14(11-13)29(25,26)23-8-1-2-9-23/h3-7,10-11H,1-2,8-9,12H2,(H,19,24)(H,20,21,22). The van der Waals surface area contributed by atoms with Gasteiger partial charge in [0.25, 0.3) is 0 Å². The molecule has 1 fully saturated rings. The van der Waals surface area contributed by atoms with E-state index in [2.05, 4.69) is 20.5 Å². The highest BCUT2D eigenvalue weighted by molar-refractivity contribution is 7.99. The Bertz CT molecular complexity index is 1090. The molecule has 3 heterocycles. The number of nitrogens with one attached hydrogen (secondary N) is 2. The van der Waals surface area contributed by atoms with Crippen LogP contribution in [0.5, 0.6) is 0 Å². The molecule has 0 atom stereocenters. The normalized spacial score (nSPS) is 14.9. The molecule has 11 heteroatoms. The van der Waals surface area contributed by atoms with Crippen LogP contribution in [0.3, 0.4) is 0 Å². The molecule has 1 aromatic carbocycles. The molecule has 29 heavy (non-hydrogen) atoms. The van der Waals surface area contributed by atoms with E-state index in [1.54, 1.807) is 29.5 Å². The summed E-state index contributed by atoms with van der Waals surface area (Å²) in [6.45, 7) is 1.08. The number of hydrogen-bond donors (Lipinski definition) is 2. The minimum absolute atomic E-state index is 0.116. The average molecular weight is 450 g/mol. The summed E-state index contributed by atoms with van der Waals surface area (Å²) in [4.78, 5) is 17.8. The number of thioether (sulfide) groups is 1. The van der Waals surface area contributed by atoms with Crippen molar-refractivity contribution in [2.75, 3.05) is 24.2 Å². The zero-order valence-electron chi connectivity index (χ0n) is 15.4. The molecule has 1 aliphatic rings. The molecule has 0 bridgehead atoms. The maximum absolute atomic E-state index is 12.7. The number of anilines is 1. The van der Waals surface area contributed by atoms with Crippen LogP contribution >= 0.6 is 23.1 Å². The van der Waals surface area contributed by atoms with Gasteiger partial charge in [0.2, 0.25) is 21.1 Å². The number of H-pyrrole nitrogens is 1. The number of amides is 1. The molecule has 152 valence electrons. The molecule has 2 aromatic heterocycles. The Morgan fingerprint density at radius 1 is 1.24 bits per heavy atom. The maximum atomic E-state index is 12.7. The lowest BCUT2D eigenvalue weighted by Gasteiger charge is -2.16. The van der Waals surface area contributed by atoms with Crippen LogP contribution in [0.2, 0.25) is 0 Å². The Hall–Kier alpha value is -2.21. The second kappa shape index (κ2) is 8.66. The van der Waals surface area contributed by atoms with Crippen LogP contribution in [0.1, 0.15) is 12.8 Å². The minimum atomic E-state index is -3.52. The predicted molar refractivity (Wildman–Crippen MR) is 113 cm³/mol. The number of thiophene rings is 1. The van der Waals surface area contributed by atoms with Crippen LogP contribution in [-0.4, -0.2) is 52.7 Å². The lowest BCUT2D eigenvalue weighted by molar-refractivity contribution is -0.113. The van der Waals surface area contributed by atoms with Crippen molar-refractivity contribution < 1.29 is 13.2 Å². The molecule has 0 radical (unpaired) electrons. The van der Waals surface area contributed by atoms with E-state index in [-0.39, 0.29) is 16.6 Å². The SMILES string of the molecule is O=C(CSc1n[nH]c(-c2cccs2)n1)Nc1cccc(S(=O)(=O)N2CCCC2)c1. The molecule has 0 aliphatic carbocycles. The fourth-order valence-electron chi connectivity index (χ4n) is 2.97. The van der Waals surface area contributed by atoms with Crippen molar-refractivity contribution in [3.63, 3.8) is 0 Å². The van der Waals surface area contributed by atoms with Gasteiger partial charge in [0, 0.05) is 18.8 Å². The first-order valence-corrected chi connectivity index (χ1v) is 12.3. The molecule has 1 amide bonds. The second-order valence-electron chi connectivity index (χ2n) is 6.42. The molecule has 0 unspecified atom stereocenters. The molecule has 2 N–H and O–H groups in total. The van der Waals surface area contributed by atoms with Gasteiger partial charge in [-0.15, -0.1) is 16.4 Å². The number of sulfonamides is 1. The van der Waals surface area contributed by atoms with Crippen molar-refractivity contribution in [3.05, 3.63) is 41.8 Å². The molecule has 3 aromatic rings. The van der Waals surface area contributed by atoms with Crippen LogP contribution < -0.4 is 5.32 Å². The van der Waals surface area contributed by atoms with Gasteiger partial charge in [-0.1, -0.05) is 23.9 Å². The van der Waals surface area contributed by atoms with Gasteiger partial charge in [0.1, 0.15) is 0 Å². The predicted octanol–water partition coefficient (Wildman–Crippen LogP) is 3.05. The van der Waals surface area contributed by atoms with Gasteiger partial charge < -0.3 is 5.32 Å². The van der Waals surface area contributed by atoms with Crippen LogP contribution in [0.15, 0.2) is 51.8 Å². The van der Waals surface area contributed by atoms with Gasteiger partial charge in [0.05, 0.1) is 15.5 Å². The van der Waals surface area contributed by atoms with Crippen LogP contribution in [0.25, 0.3) is 10.7 Å². The zero-order chi connectivity index (χ0) is 20.3. The lowest BCUT2D eigenvalue weighted by Crippen LogP contribution is -2.28. The molecular formula is C18H19N5O3S3. The fourth-order valence-corrected chi connectivity index (χ4v) is 5.80. The Labute approximate surface area is 176 Å². The number of aromatic nitrogens is 3. The quantitative estimate of drug-likeness (QED) is 0.537. The molecule has 0 spiro atoms. The van der Waals surface area contributed by atoms with Gasteiger partial charge in [-0.2, -0.15) is 4.31 Å². The third-order valence-electron chi connectivity index (χ3n) is 4.37. The molecule has 4 rings (SSSR count). The average Bonchev–Trinajstić information content (AvgIpc) is 3.49. The third kappa shape index (κ3) is 4.69. The Morgan fingerprint density at radius 3 is 2.83 bits per heavy atom. The van der Waals surface area contributed by atoms with E-state index in [0.717, 1.165) is 17.7 Å². The van der Waals surface area contributed by atoms with E-state index in [0.29, 0.717) is 29.8 Å². The Kier molecular flexibility index (Phi) is 5.99. The highest BCUT2D eigenvalue weighted by atomic mass is 32.2. The summed E-state index contributed by atoms with van der Waals surface area (Å²) in [7, 11) is -3.52. The summed E-state index contributed by atoms with van der Waals surface area (Å²) in [5.41, 5.74) is 0.449. The number of nitrogens with zero attached hydrogens (tertiary/aromatic N) is 3. The van der Waals surface area contributed by atoms with E-state index in [1.165, 1.54) is 22.1 Å². The zero-order valence-corrected chi connectivity index (χ0v) is 17.8. The van der Waals surface area contributed by atoms with Gasteiger partial charge >= 0.3 is 0 Å². The molecular weight excluding hydrogens is 430 g/mol. The smallest absolute Gasteiger partial charge is 0.243 e. The third-order valence-corrected chi connectivity index (χ3v) is 7.99. The second-order valence-corrected chi connectivity index (χ2v) is 10.2. The lowest BCUT2D eigenvalue weighted by atomic mass is 10.3. The van der Waals surface area contributed by atoms with E-state index < -0.39 is 10.0 Å². The summed E-state index contributed by atoms with van der Waals surface area (Å²) in [5.74, 6) is 0.529. The van der Waals surface area contributed by atoms with E-state index in [4.69, 9.17) is 0 Å². The topological polar surface area (TPSA) is 108 Å². The summed E-state index contributed by atoms with van der Waals surface area (Å²) >= 11 is 2.76. The van der Waals surface area contributed by atoms with E-state index >= 15 is 0 Å². The summed E-state index contributed by atoms with van der Waals surface area (Å²) < 4.78 is 26.8. The number of rotatable bonds is 7. The Morgan fingerprint density at radius 2 is 2.07 bits per heavy atom. The number of carbonyl (C=O) groups excluding carboxylic acids is 1. The maximum Gasteiger partial charge on any atom is 0.243 e. The monoisotopic (exact) mass is 449 g/mol. The van der Waals surface area contributed by atoms with Gasteiger partial charge in [-0.3, -0.25) is 9.89 Å². The molecule has 1 aliphatic heterocycles. The van der Waals surface area contributed by atoms with Crippen molar-refractivity contribution >= 4 is 44.7 Å². The first kappa shape index (κ1) is 20.1. The number of hydrogen-bond acceptors (Lipinski definition) is 7. The molecule has 0 saturated carbocycles. The van der Waals surface area contributed by atoms with Crippen LogP contribution in [0.4, 0.5) is 5.69 Å². The summed E-state index contributed by atoms with van der Waals surface area (Å²) in [6.07, 6.45) is 1.75. The summed E-state index contributed by atoms with van der Waals surface area (Å²) in [5, 5.41) is 12.1. The first-order chi connectivity index (χ1) is 14.0. The molecule has 1 saturated heterocycles. The van der Waals surface area contributed by atoms with Crippen molar-refractivity contribution in [1.29, 1.82) is 0 Å². The highest BCUT2D eigenvalue weighted by Crippen LogP contribution is 2.25. The summed E-state index contributed by atoms with van der Waals surface area (Å²) in [6, 6.07) is 10.2. The van der Waals surface area contributed by atoms with Crippen LogP contribution in [0, 0.1) is 0 Å². The fraction of sp³-hybridized carbons (Fsp3) is 0.278. The number of carbonyl (C=O) groups is 1. The van der Waals surface area contributed by atoms with Crippen molar-refractivity contribution in [2.24, 2.45) is 0 Å². The van der Waals surface area contributed by atoms with E-state index in [9.17, 15) is 13.2 Å². The van der Waals surface area contributed by atoms with Crippen molar-refractivity contribution in [1.82, 2.24) is 19.5 Å².